The molecule has 108 valence electrons. The maximum absolute atomic E-state index is 12.3. The van der Waals surface area contributed by atoms with E-state index in [0.717, 1.165) is 10.4 Å². The minimum Gasteiger partial charge on any atom is -0.392 e. The number of aliphatic hydroxyl groups excluding tert-OH is 1. The highest BCUT2D eigenvalue weighted by Crippen LogP contribution is 2.22. The van der Waals surface area contributed by atoms with Gasteiger partial charge in [0, 0.05) is 4.88 Å². The third kappa shape index (κ3) is 3.27. The lowest BCUT2D eigenvalue weighted by Crippen LogP contribution is -2.26. The van der Waals surface area contributed by atoms with E-state index in [1.165, 1.54) is 17.4 Å². The van der Waals surface area contributed by atoms with Crippen molar-refractivity contribution in [2.45, 2.75) is 31.4 Å². The number of hydrogen-bond donors (Lipinski definition) is 2. The van der Waals surface area contributed by atoms with Gasteiger partial charge in [-0.2, -0.15) is 0 Å². The van der Waals surface area contributed by atoms with Crippen LogP contribution in [0.5, 0.6) is 0 Å². The van der Waals surface area contributed by atoms with E-state index in [4.69, 9.17) is 0 Å². The van der Waals surface area contributed by atoms with Gasteiger partial charge < -0.3 is 5.11 Å². The first-order valence-electron chi connectivity index (χ1n) is 6.20. The van der Waals surface area contributed by atoms with Crippen molar-refractivity contribution in [3.8, 4) is 0 Å². The van der Waals surface area contributed by atoms with Crippen LogP contribution >= 0.6 is 11.3 Å². The molecular weight excluding hydrogens is 294 g/mol. The van der Waals surface area contributed by atoms with Gasteiger partial charge in [0.25, 0.3) is 0 Å². The zero-order valence-corrected chi connectivity index (χ0v) is 13.0. The molecule has 1 aromatic carbocycles. The number of nitrogens with one attached hydrogen (secondary N) is 1. The minimum atomic E-state index is -3.59. The summed E-state index contributed by atoms with van der Waals surface area (Å²) in [6.45, 7) is 3.48. The molecule has 2 rings (SSSR count). The van der Waals surface area contributed by atoms with E-state index in [1.54, 1.807) is 12.1 Å². The maximum atomic E-state index is 12.3. The van der Waals surface area contributed by atoms with Gasteiger partial charge in [-0.25, -0.2) is 13.1 Å². The second-order valence-electron chi connectivity index (χ2n) is 4.60. The molecule has 0 aliphatic rings. The Morgan fingerprint density at radius 3 is 2.70 bits per heavy atom. The quantitative estimate of drug-likeness (QED) is 0.892. The second kappa shape index (κ2) is 6.05. The molecule has 20 heavy (non-hydrogen) atoms. The minimum absolute atomic E-state index is 0.171. The van der Waals surface area contributed by atoms with Crippen molar-refractivity contribution in [1.82, 2.24) is 4.72 Å². The molecular formula is C14H17NO3S2. The highest BCUT2D eigenvalue weighted by molar-refractivity contribution is 7.89. The average Bonchev–Trinajstić information content (AvgIpc) is 2.92. The van der Waals surface area contributed by atoms with E-state index in [9.17, 15) is 13.5 Å². The van der Waals surface area contributed by atoms with Gasteiger partial charge in [-0.05, 0) is 48.6 Å². The Morgan fingerprint density at radius 2 is 2.10 bits per heavy atom. The maximum Gasteiger partial charge on any atom is 0.241 e. The van der Waals surface area contributed by atoms with Gasteiger partial charge in [0.2, 0.25) is 10.0 Å². The van der Waals surface area contributed by atoms with Gasteiger partial charge in [0.15, 0.2) is 0 Å². The van der Waals surface area contributed by atoms with Crippen molar-refractivity contribution in [3.05, 3.63) is 51.7 Å². The van der Waals surface area contributed by atoms with Crippen LogP contribution < -0.4 is 4.72 Å². The van der Waals surface area contributed by atoms with E-state index in [0.29, 0.717) is 5.56 Å². The lowest BCUT2D eigenvalue weighted by molar-refractivity contribution is 0.280. The Labute approximate surface area is 123 Å². The molecule has 0 aliphatic heterocycles. The van der Waals surface area contributed by atoms with Gasteiger partial charge in [-0.15, -0.1) is 11.3 Å². The van der Waals surface area contributed by atoms with Crippen molar-refractivity contribution in [3.63, 3.8) is 0 Å². The highest BCUT2D eigenvalue weighted by Gasteiger charge is 2.19. The number of rotatable bonds is 5. The molecule has 0 spiro atoms. The van der Waals surface area contributed by atoms with E-state index in [-0.39, 0.29) is 17.5 Å². The summed E-state index contributed by atoms with van der Waals surface area (Å²) in [6, 6.07) is 8.28. The molecule has 4 nitrogen and oxygen atoms in total. The zero-order valence-electron chi connectivity index (χ0n) is 11.3. The van der Waals surface area contributed by atoms with Crippen molar-refractivity contribution in [2.24, 2.45) is 0 Å². The first-order valence-corrected chi connectivity index (χ1v) is 8.56. The molecule has 1 atom stereocenters. The molecule has 0 fully saturated rings. The summed E-state index contributed by atoms with van der Waals surface area (Å²) in [7, 11) is -3.59. The zero-order chi connectivity index (χ0) is 14.8. The molecule has 0 aliphatic carbocycles. The smallest absolute Gasteiger partial charge is 0.241 e. The summed E-state index contributed by atoms with van der Waals surface area (Å²) in [5, 5.41) is 11.1. The molecule has 2 N–H and O–H groups in total. The van der Waals surface area contributed by atoms with Crippen molar-refractivity contribution < 1.29 is 13.5 Å². The van der Waals surface area contributed by atoms with Crippen LogP contribution in [0, 0.1) is 6.92 Å². The number of benzene rings is 1. The fourth-order valence-electron chi connectivity index (χ4n) is 1.88. The van der Waals surface area contributed by atoms with Crippen LogP contribution in [-0.2, 0) is 16.6 Å². The van der Waals surface area contributed by atoms with Crippen LogP contribution in [0.2, 0.25) is 0 Å². The normalized spacial score (nSPS) is 13.3. The summed E-state index contributed by atoms with van der Waals surface area (Å²) < 4.78 is 27.3. The van der Waals surface area contributed by atoms with Gasteiger partial charge >= 0.3 is 0 Å². The molecule has 0 bridgehead atoms. The molecule has 0 amide bonds. The summed E-state index contributed by atoms with van der Waals surface area (Å²) >= 11 is 1.51. The molecule has 1 unspecified atom stereocenters. The Balaban J connectivity index is 2.26. The van der Waals surface area contributed by atoms with Crippen LogP contribution in [0.3, 0.4) is 0 Å². The predicted molar refractivity (Wildman–Crippen MR) is 80.2 cm³/mol. The summed E-state index contributed by atoms with van der Waals surface area (Å²) in [5.41, 5.74) is 1.49. The van der Waals surface area contributed by atoms with Gasteiger partial charge in [0.1, 0.15) is 0 Å². The van der Waals surface area contributed by atoms with E-state index in [2.05, 4.69) is 4.72 Å². The van der Waals surface area contributed by atoms with Crippen molar-refractivity contribution in [1.29, 1.82) is 0 Å². The number of hydrogen-bond acceptors (Lipinski definition) is 4. The lowest BCUT2D eigenvalue weighted by atomic mass is 10.1. The number of aryl methyl sites for hydroxylation is 1. The van der Waals surface area contributed by atoms with E-state index < -0.39 is 10.0 Å². The molecule has 2 aromatic rings. The molecule has 0 saturated heterocycles. The molecule has 1 aromatic heterocycles. The lowest BCUT2D eigenvalue weighted by Gasteiger charge is -2.14. The number of thiophene rings is 1. The van der Waals surface area contributed by atoms with Gasteiger partial charge in [-0.3, -0.25) is 0 Å². The second-order valence-corrected chi connectivity index (χ2v) is 7.30. The third-order valence-corrected chi connectivity index (χ3v) is 5.70. The fourth-order valence-corrected chi connectivity index (χ4v) is 3.96. The first-order chi connectivity index (χ1) is 9.44. The SMILES string of the molecule is Cc1ccc(S(=O)(=O)NC(C)c2cccs2)cc1CO. The third-order valence-electron chi connectivity index (χ3n) is 3.10. The van der Waals surface area contributed by atoms with Gasteiger partial charge in [-0.1, -0.05) is 12.1 Å². The van der Waals surface area contributed by atoms with Crippen molar-refractivity contribution in [2.75, 3.05) is 0 Å². The monoisotopic (exact) mass is 311 g/mol. The molecule has 6 heteroatoms. The van der Waals surface area contributed by atoms with E-state index >= 15 is 0 Å². The number of aliphatic hydroxyl groups is 1. The Bertz CT molecular complexity index is 678. The topological polar surface area (TPSA) is 66.4 Å². The first kappa shape index (κ1) is 15.2. The summed E-state index contributed by atoms with van der Waals surface area (Å²) in [6.07, 6.45) is 0. The van der Waals surface area contributed by atoms with Crippen LogP contribution in [-0.4, -0.2) is 13.5 Å². The largest absolute Gasteiger partial charge is 0.392 e. The Morgan fingerprint density at radius 1 is 1.35 bits per heavy atom. The molecule has 0 saturated carbocycles. The van der Waals surface area contributed by atoms with Crippen LogP contribution in [0.25, 0.3) is 0 Å². The van der Waals surface area contributed by atoms with Crippen LogP contribution in [0.4, 0.5) is 0 Å². The highest BCUT2D eigenvalue weighted by atomic mass is 32.2. The standard InChI is InChI=1S/C14H17NO3S2/c1-10-5-6-13(8-12(10)9-16)20(17,18)15-11(2)14-4-3-7-19-14/h3-8,11,15-16H,9H2,1-2H3. The van der Waals surface area contributed by atoms with Crippen molar-refractivity contribution >= 4 is 21.4 Å². The Hall–Kier alpha value is -1.21. The summed E-state index contributed by atoms with van der Waals surface area (Å²) in [4.78, 5) is 1.14. The van der Waals surface area contributed by atoms with Crippen LogP contribution in [0.1, 0.15) is 29.0 Å². The van der Waals surface area contributed by atoms with Gasteiger partial charge in [0.05, 0.1) is 17.5 Å². The number of sulfonamides is 1. The van der Waals surface area contributed by atoms with E-state index in [1.807, 2.05) is 31.4 Å². The summed E-state index contributed by atoms with van der Waals surface area (Å²) in [5.74, 6) is 0. The molecule has 0 radical (unpaired) electrons. The average molecular weight is 311 g/mol. The molecule has 1 heterocycles. The van der Waals surface area contributed by atoms with Crippen LogP contribution in [0.15, 0.2) is 40.6 Å². The predicted octanol–water partition coefficient (Wildman–Crippen LogP) is 2.59. The Kier molecular flexibility index (Phi) is 4.59. The fraction of sp³-hybridized carbons (Fsp3) is 0.286.